The van der Waals surface area contributed by atoms with Gasteiger partial charge in [-0.15, -0.1) is 0 Å². The number of esters is 2. The second-order valence-corrected chi connectivity index (χ2v) is 10.5. The third-order valence-corrected chi connectivity index (χ3v) is 8.34. The number of hydrogen-bond acceptors (Lipinski definition) is 8. The fourth-order valence-electron chi connectivity index (χ4n) is 6.69. The van der Waals surface area contributed by atoms with E-state index >= 15 is 0 Å². The van der Waals surface area contributed by atoms with Crippen LogP contribution in [-0.4, -0.2) is 71.7 Å². The molecule has 3 aromatic rings. The minimum atomic E-state index is -0.759. The molecule has 0 spiro atoms. The highest BCUT2D eigenvalue weighted by molar-refractivity contribution is 6.26. The summed E-state index contributed by atoms with van der Waals surface area (Å²) in [6.45, 7) is 2.65. The summed E-state index contributed by atoms with van der Waals surface area (Å²) in [6.07, 6.45) is 7.11. The molecule has 0 bridgehead atoms. The van der Waals surface area contributed by atoms with Crippen LogP contribution in [0, 0.1) is 0 Å². The highest BCUT2D eigenvalue weighted by atomic mass is 16.5. The van der Waals surface area contributed by atoms with Crippen molar-refractivity contribution >= 4 is 69.3 Å². The molecule has 3 aromatic carbocycles. The highest BCUT2D eigenvalue weighted by Crippen LogP contribution is 2.50. The molecule has 4 aliphatic rings. The standard InChI is InChI=1S/C32H24N2O8/c1-3-41-23(35)13-33-29(37)19-9-5-15-17-7-11-21-28-22(32(40)34(31(21)39)14-24(36)42-4-2)12-8-18(26(17)28)16-6-10-20(30(33)38)27(19)25(15)16/h5-12,19,21H,3-4,13-14H2,1-2H3. The monoisotopic (exact) mass is 564 g/mol. The lowest BCUT2D eigenvalue weighted by Crippen LogP contribution is -2.47. The zero-order valence-electron chi connectivity index (χ0n) is 22.8. The number of rotatable bonds is 6. The molecule has 4 amide bonds. The van der Waals surface area contributed by atoms with Crippen LogP contribution in [0.2, 0.25) is 0 Å². The van der Waals surface area contributed by atoms with Crippen LogP contribution < -0.4 is 0 Å². The molecule has 7 rings (SSSR count). The first-order valence-corrected chi connectivity index (χ1v) is 13.7. The Morgan fingerprint density at radius 1 is 0.667 bits per heavy atom. The van der Waals surface area contributed by atoms with E-state index < -0.39 is 60.5 Å². The predicted octanol–water partition coefficient (Wildman–Crippen LogP) is 3.30. The summed E-state index contributed by atoms with van der Waals surface area (Å²) < 4.78 is 9.95. The van der Waals surface area contributed by atoms with Crippen LogP contribution in [0.3, 0.4) is 0 Å². The van der Waals surface area contributed by atoms with Crippen LogP contribution in [0.4, 0.5) is 0 Å². The molecular weight excluding hydrogens is 540 g/mol. The second-order valence-electron chi connectivity index (χ2n) is 10.5. The topological polar surface area (TPSA) is 127 Å². The van der Waals surface area contributed by atoms with Crippen LogP contribution in [0.25, 0.3) is 33.7 Å². The van der Waals surface area contributed by atoms with Crippen molar-refractivity contribution in [3.05, 3.63) is 69.8 Å². The molecule has 2 heterocycles. The van der Waals surface area contributed by atoms with E-state index in [1.807, 2.05) is 24.3 Å². The summed E-state index contributed by atoms with van der Waals surface area (Å²) >= 11 is 0. The number of amides is 4. The largest absolute Gasteiger partial charge is 0.465 e. The number of carbonyl (C=O) groups is 6. The van der Waals surface area contributed by atoms with Crippen molar-refractivity contribution in [3.63, 3.8) is 0 Å². The number of imide groups is 2. The second kappa shape index (κ2) is 9.20. The molecule has 210 valence electrons. The Bertz CT molecular complexity index is 1770. The zero-order valence-corrected chi connectivity index (χ0v) is 22.8. The van der Waals surface area contributed by atoms with Crippen molar-refractivity contribution in [2.24, 2.45) is 0 Å². The van der Waals surface area contributed by atoms with Gasteiger partial charge in [0.15, 0.2) is 0 Å². The number of nitrogens with zero attached hydrogens (tertiary/aromatic N) is 2. The van der Waals surface area contributed by atoms with Gasteiger partial charge in [0.1, 0.15) is 13.1 Å². The number of ether oxygens (including phenoxy) is 2. The molecule has 0 saturated carbocycles. The smallest absolute Gasteiger partial charge is 0.326 e. The van der Waals surface area contributed by atoms with E-state index in [1.54, 1.807) is 38.1 Å². The molecule has 0 aromatic heterocycles. The van der Waals surface area contributed by atoms with E-state index in [9.17, 15) is 28.8 Å². The van der Waals surface area contributed by atoms with Gasteiger partial charge >= 0.3 is 11.9 Å². The Hall–Kier alpha value is -5.12. The van der Waals surface area contributed by atoms with Gasteiger partial charge in [-0.1, -0.05) is 36.4 Å². The Balaban J connectivity index is 1.42. The number of hydrogen-bond donors (Lipinski definition) is 0. The van der Waals surface area contributed by atoms with Crippen LogP contribution in [-0.2, 0) is 28.7 Å². The van der Waals surface area contributed by atoms with E-state index in [2.05, 4.69) is 0 Å². The van der Waals surface area contributed by atoms with Gasteiger partial charge in [0.25, 0.3) is 11.8 Å². The third kappa shape index (κ3) is 3.38. The Morgan fingerprint density at radius 2 is 1.07 bits per heavy atom. The summed E-state index contributed by atoms with van der Waals surface area (Å²) in [5.74, 6) is -4.95. The van der Waals surface area contributed by atoms with Crippen LogP contribution in [0.1, 0.15) is 68.7 Å². The summed E-state index contributed by atoms with van der Waals surface area (Å²) in [5.41, 5.74) is 3.40. The lowest BCUT2D eigenvalue weighted by atomic mass is 9.73. The number of benzene rings is 3. The van der Waals surface area contributed by atoms with E-state index in [-0.39, 0.29) is 13.2 Å². The fraction of sp³-hybridized carbons (Fsp3) is 0.250. The van der Waals surface area contributed by atoms with Crippen molar-refractivity contribution in [1.82, 2.24) is 9.80 Å². The van der Waals surface area contributed by atoms with Crippen molar-refractivity contribution < 1.29 is 38.2 Å². The summed E-state index contributed by atoms with van der Waals surface area (Å²) in [6, 6.07) is 6.94. The quantitative estimate of drug-likeness (QED) is 0.254. The number of fused-ring (bicyclic) bond motifs is 2. The zero-order chi connectivity index (χ0) is 29.4. The molecule has 2 aliphatic carbocycles. The van der Waals surface area contributed by atoms with Crippen molar-refractivity contribution in [1.29, 1.82) is 0 Å². The minimum Gasteiger partial charge on any atom is -0.465 e. The highest BCUT2D eigenvalue weighted by Gasteiger charge is 2.44. The lowest BCUT2D eigenvalue weighted by Gasteiger charge is -2.36. The molecule has 2 aliphatic heterocycles. The number of carbonyl (C=O) groups excluding carboxylic acids is 6. The van der Waals surface area contributed by atoms with Gasteiger partial charge in [-0.05, 0) is 69.8 Å². The van der Waals surface area contributed by atoms with Crippen molar-refractivity contribution in [2.75, 3.05) is 26.3 Å². The van der Waals surface area contributed by atoms with Crippen LogP contribution in [0.5, 0.6) is 0 Å². The molecule has 0 fully saturated rings. The van der Waals surface area contributed by atoms with Crippen molar-refractivity contribution in [3.8, 4) is 0 Å². The molecule has 2 atom stereocenters. The van der Waals surface area contributed by atoms with Crippen LogP contribution in [0.15, 0.2) is 36.4 Å². The Morgan fingerprint density at radius 3 is 1.45 bits per heavy atom. The Labute approximate surface area is 239 Å². The van der Waals surface area contributed by atoms with E-state index in [1.165, 1.54) is 0 Å². The maximum atomic E-state index is 13.5. The molecule has 10 nitrogen and oxygen atoms in total. The molecule has 0 radical (unpaired) electrons. The molecule has 0 saturated heterocycles. The van der Waals surface area contributed by atoms with Gasteiger partial charge in [0.2, 0.25) is 11.8 Å². The molecule has 10 heteroatoms. The van der Waals surface area contributed by atoms with E-state index in [0.29, 0.717) is 22.3 Å². The maximum Gasteiger partial charge on any atom is 0.326 e. The first kappa shape index (κ1) is 25.8. The van der Waals surface area contributed by atoms with E-state index in [0.717, 1.165) is 42.5 Å². The van der Waals surface area contributed by atoms with Gasteiger partial charge in [-0.3, -0.25) is 38.6 Å². The SMILES string of the molecule is CCOC(=O)CN1C(=O)c2ccc3c4c(c5c6c7c(ccc63)C(=O)N(CC(=O)OCC)C(=O)C7C=C5)C=CC(C1=O)c24. The first-order chi connectivity index (χ1) is 20.3. The molecule has 2 unspecified atom stereocenters. The van der Waals surface area contributed by atoms with Crippen molar-refractivity contribution in [2.45, 2.75) is 25.7 Å². The summed E-state index contributed by atoms with van der Waals surface area (Å²) in [4.78, 5) is 80.2. The van der Waals surface area contributed by atoms with Gasteiger partial charge in [0.05, 0.1) is 25.0 Å². The first-order valence-electron chi connectivity index (χ1n) is 13.7. The minimum absolute atomic E-state index is 0.136. The van der Waals surface area contributed by atoms with Gasteiger partial charge in [0, 0.05) is 11.1 Å². The Kier molecular flexibility index (Phi) is 5.66. The predicted molar refractivity (Wildman–Crippen MR) is 150 cm³/mol. The van der Waals surface area contributed by atoms with Crippen LogP contribution >= 0.6 is 0 Å². The maximum absolute atomic E-state index is 13.5. The molecule has 42 heavy (non-hydrogen) atoms. The average Bonchev–Trinajstić information content (AvgIpc) is 2.98. The third-order valence-electron chi connectivity index (χ3n) is 8.34. The summed E-state index contributed by atoms with van der Waals surface area (Å²) in [7, 11) is 0. The average molecular weight is 565 g/mol. The van der Waals surface area contributed by atoms with Gasteiger partial charge in [-0.2, -0.15) is 0 Å². The summed E-state index contributed by atoms with van der Waals surface area (Å²) in [5, 5.41) is 3.06. The van der Waals surface area contributed by atoms with Gasteiger partial charge < -0.3 is 9.47 Å². The molecular formula is C32H24N2O8. The van der Waals surface area contributed by atoms with E-state index in [4.69, 9.17) is 9.47 Å². The lowest BCUT2D eigenvalue weighted by molar-refractivity contribution is -0.147. The fourth-order valence-corrected chi connectivity index (χ4v) is 6.69. The molecule has 0 N–H and O–H groups in total. The van der Waals surface area contributed by atoms with Gasteiger partial charge in [-0.25, -0.2) is 0 Å². The normalized spacial score (nSPS) is 19.7.